The molecule has 0 aliphatic carbocycles. The van der Waals surface area contributed by atoms with E-state index in [1.54, 1.807) is 0 Å². The molecule has 2 aromatic rings. The summed E-state index contributed by atoms with van der Waals surface area (Å²) in [7, 11) is 0. The average molecular weight is 318 g/mol. The van der Waals surface area contributed by atoms with E-state index in [0.29, 0.717) is 17.7 Å². The third kappa shape index (κ3) is 1.96. The van der Waals surface area contributed by atoms with Gasteiger partial charge in [0.2, 0.25) is 0 Å². The molecule has 2 aromatic carbocycles. The van der Waals surface area contributed by atoms with Crippen LogP contribution >= 0.6 is 15.9 Å². The van der Waals surface area contributed by atoms with Gasteiger partial charge in [0.15, 0.2) is 0 Å². The van der Waals surface area contributed by atoms with E-state index in [0.717, 1.165) is 22.5 Å². The minimum atomic E-state index is -0.174. The molecule has 0 fully saturated rings. The monoisotopic (exact) mass is 317 g/mol. The van der Waals surface area contributed by atoms with Gasteiger partial charge in [0, 0.05) is 11.9 Å². The molecule has 1 aliphatic heterocycles. The van der Waals surface area contributed by atoms with Crippen molar-refractivity contribution >= 4 is 38.5 Å². The van der Waals surface area contributed by atoms with Crippen LogP contribution in [-0.2, 0) is 0 Å². The molecule has 96 valence electrons. The van der Waals surface area contributed by atoms with Crippen LogP contribution in [0.4, 0.5) is 0 Å². The number of benzene rings is 2. The van der Waals surface area contributed by atoms with Crippen LogP contribution in [0.25, 0.3) is 10.8 Å². The number of fused-ring (bicyclic) bond motifs is 2. The molecule has 2 amide bonds. The lowest BCUT2D eigenvalue weighted by Gasteiger charge is -2.11. The Morgan fingerprint density at radius 2 is 1.47 bits per heavy atom. The first-order valence-electron chi connectivity index (χ1n) is 6.17. The summed E-state index contributed by atoms with van der Waals surface area (Å²) in [4.78, 5) is 25.8. The van der Waals surface area contributed by atoms with Crippen molar-refractivity contribution in [2.75, 3.05) is 11.9 Å². The quantitative estimate of drug-likeness (QED) is 0.644. The fourth-order valence-corrected chi connectivity index (χ4v) is 2.65. The van der Waals surface area contributed by atoms with Crippen LogP contribution < -0.4 is 0 Å². The number of halogens is 1. The van der Waals surface area contributed by atoms with Gasteiger partial charge in [0.05, 0.1) is 11.1 Å². The number of carbonyl (C=O) groups is 2. The van der Waals surface area contributed by atoms with E-state index < -0.39 is 0 Å². The lowest BCUT2D eigenvalue weighted by Crippen LogP contribution is -2.30. The van der Waals surface area contributed by atoms with Gasteiger partial charge in [-0.1, -0.05) is 40.2 Å². The predicted octanol–water partition coefficient (Wildman–Crippen LogP) is 3.22. The zero-order valence-electron chi connectivity index (χ0n) is 10.2. The standard InChI is InChI=1S/C15H12BrNO2/c16-6-3-7-17-14(18)12-8-10-4-1-2-5-11(10)9-13(12)15(17)19/h1-2,4-5,8-9H,3,6-7H2. The molecule has 0 unspecified atom stereocenters. The van der Waals surface area contributed by atoms with E-state index >= 15 is 0 Å². The van der Waals surface area contributed by atoms with Crippen molar-refractivity contribution in [3.63, 3.8) is 0 Å². The van der Waals surface area contributed by atoms with Crippen LogP contribution in [0.1, 0.15) is 27.1 Å². The predicted molar refractivity (Wildman–Crippen MR) is 77.7 cm³/mol. The normalized spacial score (nSPS) is 14.3. The molecule has 0 spiro atoms. The lowest BCUT2D eigenvalue weighted by atomic mass is 10.0. The highest BCUT2D eigenvalue weighted by atomic mass is 79.9. The summed E-state index contributed by atoms with van der Waals surface area (Å²) < 4.78 is 0. The molecule has 19 heavy (non-hydrogen) atoms. The molecular formula is C15H12BrNO2. The van der Waals surface area contributed by atoms with Gasteiger partial charge in [-0.3, -0.25) is 14.5 Å². The summed E-state index contributed by atoms with van der Waals surface area (Å²) in [6.45, 7) is 0.466. The van der Waals surface area contributed by atoms with Crippen molar-refractivity contribution in [3.05, 3.63) is 47.5 Å². The minimum absolute atomic E-state index is 0.174. The maximum atomic E-state index is 12.2. The van der Waals surface area contributed by atoms with Crippen LogP contribution in [0.15, 0.2) is 36.4 Å². The van der Waals surface area contributed by atoms with Gasteiger partial charge in [-0.05, 0) is 29.3 Å². The number of hydrogen-bond donors (Lipinski definition) is 0. The Labute approximate surface area is 119 Å². The SMILES string of the molecule is O=C1c2cc3ccccc3cc2C(=O)N1CCCBr. The Bertz CT molecular complexity index is 626. The molecular weight excluding hydrogens is 306 g/mol. The molecule has 1 aliphatic rings. The molecule has 0 aromatic heterocycles. The summed E-state index contributed by atoms with van der Waals surface area (Å²) >= 11 is 3.32. The first kappa shape index (κ1) is 12.4. The number of carbonyl (C=O) groups excluding carboxylic acids is 2. The number of alkyl halides is 1. The molecule has 3 nitrogen and oxygen atoms in total. The molecule has 0 radical (unpaired) electrons. The summed E-state index contributed by atoms with van der Waals surface area (Å²) in [5.74, 6) is -0.349. The third-order valence-corrected chi connectivity index (χ3v) is 3.91. The highest BCUT2D eigenvalue weighted by Crippen LogP contribution is 2.28. The second-order valence-electron chi connectivity index (χ2n) is 4.55. The zero-order chi connectivity index (χ0) is 13.4. The maximum absolute atomic E-state index is 12.2. The summed E-state index contributed by atoms with van der Waals surface area (Å²) in [5, 5.41) is 2.76. The van der Waals surface area contributed by atoms with E-state index in [4.69, 9.17) is 0 Å². The minimum Gasteiger partial charge on any atom is -0.274 e. The number of rotatable bonds is 3. The molecule has 0 saturated heterocycles. The van der Waals surface area contributed by atoms with Gasteiger partial charge in [-0.15, -0.1) is 0 Å². The second-order valence-corrected chi connectivity index (χ2v) is 5.34. The van der Waals surface area contributed by atoms with Crippen molar-refractivity contribution in [1.82, 2.24) is 4.90 Å². The van der Waals surface area contributed by atoms with Gasteiger partial charge < -0.3 is 0 Å². The number of hydrogen-bond acceptors (Lipinski definition) is 2. The second kappa shape index (κ2) is 4.78. The van der Waals surface area contributed by atoms with Gasteiger partial charge >= 0.3 is 0 Å². The fourth-order valence-electron chi connectivity index (χ4n) is 2.40. The van der Waals surface area contributed by atoms with Crippen LogP contribution in [0.2, 0.25) is 0 Å². The molecule has 0 saturated carbocycles. The number of nitrogens with zero attached hydrogens (tertiary/aromatic N) is 1. The summed E-state index contributed by atoms with van der Waals surface area (Å²) in [6, 6.07) is 11.4. The molecule has 0 atom stereocenters. The van der Waals surface area contributed by atoms with E-state index in [-0.39, 0.29) is 11.8 Å². The molecule has 1 heterocycles. The average Bonchev–Trinajstić information content (AvgIpc) is 2.67. The maximum Gasteiger partial charge on any atom is 0.261 e. The van der Waals surface area contributed by atoms with Crippen molar-refractivity contribution in [2.45, 2.75) is 6.42 Å². The summed E-state index contributed by atoms with van der Waals surface area (Å²) in [6.07, 6.45) is 0.769. The van der Waals surface area contributed by atoms with E-state index in [9.17, 15) is 9.59 Å². The van der Waals surface area contributed by atoms with Gasteiger partial charge in [0.1, 0.15) is 0 Å². The highest BCUT2D eigenvalue weighted by molar-refractivity contribution is 9.09. The highest BCUT2D eigenvalue weighted by Gasteiger charge is 2.35. The molecule has 4 heteroatoms. The fraction of sp³-hybridized carbons (Fsp3) is 0.200. The lowest BCUT2D eigenvalue weighted by molar-refractivity contribution is 0.0655. The first-order valence-corrected chi connectivity index (χ1v) is 7.29. The van der Waals surface area contributed by atoms with E-state index in [1.807, 2.05) is 36.4 Å². The Morgan fingerprint density at radius 3 is 1.95 bits per heavy atom. The van der Waals surface area contributed by atoms with Gasteiger partial charge in [-0.25, -0.2) is 0 Å². The molecule has 0 bridgehead atoms. The molecule has 3 rings (SSSR count). The first-order chi connectivity index (χ1) is 9.22. The van der Waals surface area contributed by atoms with E-state index in [2.05, 4.69) is 15.9 Å². The Morgan fingerprint density at radius 1 is 0.947 bits per heavy atom. The Balaban J connectivity index is 2.08. The smallest absolute Gasteiger partial charge is 0.261 e. The van der Waals surface area contributed by atoms with Gasteiger partial charge in [0.25, 0.3) is 11.8 Å². The molecule has 0 N–H and O–H groups in total. The number of amides is 2. The van der Waals surface area contributed by atoms with Crippen LogP contribution in [-0.4, -0.2) is 28.6 Å². The Hall–Kier alpha value is -1.68. The van der Waals surface area contributed by atoms with Crippen molar-refractivity contribution < 1.29 is 9.59 Å². The zero-order valence-corrected chi connectivity index (χ0v) is 11.8. The number of imide groups is 1. The van der Waals surface area contributed by atoms with Gasteiger partial charge in [-0.2, -0.15) is 0 Å². The largest absolute Gasteiger partial charge is 0.274 e. The third-order valence-electron chi connectivity index (χ3n) is 3.35. The van der Waals surface area contributed by atoms with Crippen molar-refractivity contribution in [2.24, 2.45) is 0 Å². The van der Waals surface area contributed by atoms with Crippen molar-refractivity contribution in [1.29, 1.82) is 0 Å². The van der Waals surface area contributed by atoms with Crippen LogP contribution in [0, 0.1) is 0 Å². The van der Waals surface area contributed by atoms with Crippen molar-refractivity contribution in [3.8, 4) is 0 Å². The van der Waals surface area contributed by atoms with Crippen LogP contribution in [0.3, 0.4) is 0 Å². The topological polar surface area (TPSA) is 37.4 Å². The van der Waals surface area contributed by atoms with Crippen LogP contribution in [0.5, 0.6) is 0 Å². The Kier molecular flexibility index (Phi) is 3.11. The summed E-state index contributed by atoms with van der Waals surface area (Å²) in [5.41, 5.74) is 1.05. The van der Waals surface area contributed by atoms with E-state index in [1.165, 1.54) is 4.90 Å².